The first-order valence-electron chi connectivity index (χ1n) is 6.30. The van der Waals surface area contributed by atoms with Crippen molar-refractivity contribution in [3.8, 4) is 0 Å². The molecule has 6 nitrogen and oxygen atoms in total. The van der Waals surface area contributed by atoms with Gasteiger partial charge in [-0.1, -0.05) is 13.8 Å². The van der Waals surface area contributed by atoms with E-state index in [4.69, 9.17) is 10.5 Å². The van der Waals surface area contributed by atoms with Gasteiger partial charge in [-0.15, -0.1) is 0 Å². The number of carbonyl (C=O) groups is 2. The highest BCUT2D eigenvalue weighted by molar-refractivity contribution is 5.87. The number of nitrogens with two attached hydrogens (primary N) is 1. The van der Waals surface area contributed by atoms with Crippen LogP contribution < -0.4 is 11.1 Å². The first-order valence-corrected chi connectivity index (χ1v) is 6.30. The summed E-state index contributed by atoms with van der Waals surface area (Å²) >= 11 is 0. The number of nitrogens with one attached hydrogen (secondary N) is 1. The Labute approximate surface area is 108 Å². The topological polar surface area (TPSA) is 84.7 Å². The molecule has 1 aliphatic heterocycles. The van der Waals surface area contributed by atoms with E-state index in [1.807, 2.05) is 13.8 Å². The van der Waals surface area contributed by atoms with Gasteiger partial charge in [0.1, 0.15) is 0 Å². The predicted octanol–water partition coefficient (Wildman–Crippen LogP) is -0.667. The Kier molecular flexibility index (Phi) is 5.55. The summed E-state index contributed by atoms with van der Waals surface area (Å²) in [6, 6.07) is -0.453. The van der Waals surface area contributed by atoms with E-state index in [1.165, 1.54) is 0 Å². The molecule has 0 aromatic rings. The summed E-state index contributed by atoms with van der Waals surface area (Å²) in [6.07, 6.45) is 0.849. The van der Waals surface area contributed by atoms with Crippen molar-refractivity contribution in [2.24, 2.45) is 11.7 Å². The lowest BCUT2D eigenvalue weighted by Gasteiger charge is -2.24. The molecule has 3 N–H and O–H groups in total. The van der Waals surface area contributed by atoms with Crippen LogP contribution in [0.5, 0.6) is 0 Å². The van der Waals surface area contributed by atoms with E-state index in [2.05, 4.69) is 5.32 Å². The average molecular weight is 257 g/mol. The number of likely N-dealkylation sites (N-methyl/N-ethyl adjacent to an activating group) is 1. The van der Waals surface area contributed by atoms with Crippen LogP contribution in [0.15, 0.2) is 0 Å². The number of hydrogen-bond acceptors (Lipinski definition) is 4. The first kappa shape index (κ1) is 14.9. The fourth-order valence-corrected chi connectivity index (χ4v) is 1.74. The summed E-state index contributed by atoms with van der Waals surface area (Å²) in [5.74, 6) is -0.342. The summed E-state index contributed by atoms with van der Waals surface area (Å²) in [6.45, 7) is 4.99. The SMILES string of the molecule is CC(C)[C@H](N)C(=O)NCC(=O)N(C)C1CCOC1. The smallest absolute Gasteiger partial charge is 0.242 e. The Morgan fingerprint density at radius 3 is 2.67 bits per heavy atom. The van der Waals surface area contributed by atoms with Crippen LogP contribution in [-0.4, -0.2) is 55.6 Å². The number of ether oxygens (including phenoxy) is 1. The number of hydrogen-bond donors (Lipinski definition) is 2. The van der Waals surface area contributed by atoms with Gasteiger partial charge in [0, 0.05) is 13.7 Å². The zero-order valence-electron chi connectivity index (χ0n) is 11.3. The lowest BCUT2D eigenvalue weighted by molar-refractivity contribution is -0.134. The first-order chi connectivity index (χ1) is 8.43. The Bertz CT molecular complexity index is 301. The summed E-state index contributed by atoms with van der Waals surface area (Å²) in [5.41, 5.74) is 5.69. The molecule has 1 heterocycles. The maximum Gasteiger partial charge on any atom is 0.242 e. The van der Waals surface area contributed by atoms with Crippen LogP contribution >= 0.6 is 0 Å². The van der Waals surface area contributed by atoms with Crippen LogP contribution in [0.3, 0.4) is 0 Å². The van der Waals surface area contributed by atoms with Gasteiger partial charge in [-0.3, -0.25) is 9.59 Å². The third-order valence-electron chi connectivity index (χ3n) is 3.28. The molecule has 0 aliphatic carbocycles. The molecule has 0 spiro atoms. The van der Waals surface area contributed by atoms with Crippen LogP contribution in [0.1, 0.15) is 20.3 Å². The van der Waals surface area contributed by atoms with Crippen LogP contribution in [-0.2, 0) is 14.3 Å². The Hall–Kier alpha value is -1.14. The molecule has 2 atom stereocenters. The zero-order chi connectivity index (χ0) is 13.7. The van der Waals surface area contributed by atoms with Gasteiger partial charge in [0.2, 0.25) is 11.8 Å². The average Bonchev–Trinajstić information content (AvgIpc) is 2.87. The van der Waals surface area contributed by atoms with Crippen LogP contribution in [0.2, 0.25) is 0 Å². The van der Waals surface area contributed by atoms with Crippen molar-refractivity contribution < 1.29 is 14.3 Å². The van der Waals surface area contributed by atoms with Crippen molar-refractivity contribution in [1.82, 2.24) is 10.2 Å². The van der Waals surface area contributed by atoms with Crippen LogP contribution in [0.4, 0.5) is 0 Å². The van der Waals surface area contributed by atoms with Gasteiger partial charge in [-0.05, 0) is 12.3 Å². The summed E-state index contributed by atoms with van der Waals surface area (Å²) in [7, 11) is 1.73. The van der Waals surface area contributed by atoms with E-state index in [0.717, 1.165) is 6.42 Å². The molecular formula is C12H23N3O3. The highest BCUT2D eigenvalue weighted by Crippen LogP contribution is 2.10. The molecule has 6 heteroatoms. The molecular weight excluding hydrogens is 234 g/mol. The predicted molar refractivity (Wildman–Crippen MR) is 67.8 cm³/mol. The molecule has 1 aliphatic rings. The van der Waals surface area contributed by atoms with Crippen molar-refractivity contribution in [2.45, 2.75) is 32.4 Å². The van der Waals surface area contributed by atoms with E-state index in [-0.39, 0.29) is 30.3 Å². The number of rotatable bonds is 5. The number of amides is 2. The third kappa shape index (κ3) is 3.96. The quantitative estimate of drug-likeness (QED) is 0.684. The second-order valence-corrected chi connectivity index (χ2v) is 5.01. The minimum Gasteiger partial charge on any atom is -0.379 e. The van der Waals surface area contributed by atoms with E-state index in [1.54, 1.807) is 11.9 Å². The molecule has 1 fully saturated rings. The molecule has 0 radical (unpaired) electrons. The van der Waals surface area contributed by atoms with Gasteiger partial charge < -0.3 is 20.7 Å². The zero-order valence-corrected chi connectivity index (χ0v) is 11.3. The van der Waals surface area contributed by atoms with Crippen LogP contribution in [0, 0.1) is 5.92 Å². The minimum atomic E-state index is -0.571. The maximum atomic E-state index is 11.8. The molecule has 0 aromatic carbocycles. The normalized spacial score (nSPS) is 20.8. The second kappa shape index (κ2) is 6.70. The van der Waals surface area contributed by atoms with Crippen LogP contribution in [0.25, 0.3) is 0 Å². The van der Waals surface area contributed by atoms with Gasteiger partial charge in [0.05, 0.1) is 25.2 Å². The van der Waals surface area contributed by atoms with Gasteiger partial charge in [-0.2, -0.15) is 0 Å². The Morgan fingerprint density at radius 2 is 2.17 bits per heavy atom. The maximum absolute atomic E-state index is 11.8. The molecule has 1 saturated heterocycles. The summed E-state index contributed by atoms with van der Waals surface area (Å²) in [5, 5.41) is 2.57. The number of carbonyl (C=O) groups excluding carboxylic acids is 2. The monoisotopic (exact) mass is 257 g/mol. The highest BCUT2D eigenvalue weighted by atomic mass is 16.5. The molecule has 0 saturated carbocycles. The third-order valence-corrected chi connectivity index (χ3v) is 3.28. The largest absolute Gasteiger partial charge is 0.379 e. The van der Waals surface area contributed by atoms with E-state index >= 15 is 0 Å². The van der Waals surface area contributed by atoms with Crippen molar-refractivity contribution >= 4 is 11.8 Å². The number of nitrogens with zero attached hydrogens (tertiary/aromatic N) is 1. The summed E-state index contributed by atoms with van der Waals surface area (Å²) < 4.78 is 5.22. The van der Waals surface area contributed by atoms with Crippen molar-refractivity contribution in [3.05, 3.63) is 0 Å². The highest BCUT2D eigenvalue weighted by Gasteiger charge is 2.25. The molecule has 1 rings (SSSR count). The molecule has 0 aromatic heterocycles. The molecule has 18 heavy (non-hydrogen) atoms. The van der Waals surface area contributed by atoms with Gasteiger partial charge in [0.25, 0.3) is 0 Å². The second-order valence-electron chi connectivity index (χ2n) is 5.01. The van der Waals surface area contributed by atoms with E-state index in [0.29, 0.717) is 13.2 Å². The van der Waals surface area contributed by atoms with Gasteiger partial charge in [-0.25, -0.2) is 0 Å². The lowest BCUT2D eigenvalue weighted by Crippen LogP contribution is -2.49. The van der Waals surface area contributed by atoms with Crippen molar-refractivity contribution in [3.63, 3.8) is 0 Å². The van der Waals surface area contributed by atoms with E-state index in [9.17, 15) is 9.59 Å². The fourth-order valence-electron chi connectivity index (χ4n) is 1.74. The van der Waals surface area contributed by atoms with Crippen molar-refractivity contribution in [1.29, 1.82) is 0 Å². The van der Waals surface area contributed by atoms with Crippen molar-refractivity contribution in [2.75, 3.05) is 26.8 Å². The van der Waals surface area contributed by atoms with E-state index < -0.39 is 6.04 Å². The minimum absolute atomic E-state index is 0.00769. The molecule has 1 unspecified atom stereocenters. The Morgan fingerprint density at radius 1 is 1.50 bits per heavy atom. The Balaban J connectivity index is 2.34. The molecule has 104 valence electrons. The summed E-state index contributed by atoms with van der Waals surface area (Å²) in [4.78, 5) is 25.1. The fraction of sp³-hybridized carbons (Fsp3) is 0.833. The van der Waals surface area contributed by atoms with Gasteiger partial charge >= 0.3 is 0 Å². The molecule has 2 amide bonds. The lowest BCUT2D eigenvalue weighted by atomic mass is 10.1. The standard InChI is InChI=1S/C12H23N3O3/c1-8(2)11(13)12(17)14-6-10(16)15(3)9-4-5-18-7-9/h8-9,11H,4-7,13H2,1-3H3,(H,14,17)/t9?,11-/m0/s1. The van der Waals surface area contributed by atoms with Gasteiger partial charge in [0.15, 0.2) is 0 Å². The molecule has 0 bridgehead atoms.